The highest BCUT2D eigenvalue weighted by Crippen LogP contribution is 2.15. The third-order valence-corrected chi connectivity index (χ3v) is 4.71. The third kappa shape index (κ3) is 3.78. The maximum absolute atomic E-state index is 12.4. The molecule has 0 aromatic heterocycles. The first kappa shape index (κ1) is 15.3. The summed E-state index contributed by atoms with van der Waals surface area (Å²) in [5.74, 6) is 0.289. The summed E-state index contributed by atoms with van der Waals surface area (Å²) in [6.07, 6.45) is 0. The molecule has 5 nitrogen and oxygen atoms in total. The molecule has 1 aromatic carbocycles. The Balaban J connectivity index is 1.46. The summed E-state index contributed by atoms with van der Waals surface area (Å²) < 4.78 is 0. The maximum Gasteiger partial charge on any atom is 0.236 e. The number of benzene rings is 1. The third-order valence-electron chi connectivity index (χ3n) is 4.71. The van der Waals surface area contributed by atoms with Gasteiger partial charge in [-0.3, -0.25) is 9.69 Å². The fourth-order valence-corrected chi connectivity index (χ4v) is 3.15. The lowest BCUT2D eigenvalue weighted by molar-refractivity contribution is -0.133. The van der Waals surface area contributed by atoms with E-state index in [4.69, 9.17) is 0 Å². The fourth-order valence-electron chi connectivity index (χ4n) is 3.15. The Bertz CT molecular complexity index is 477. The molecule has 0 unspecified atom stereocenters. The highest BCUT2D eigenvalue weighted by Gasteiger charge is 2.24. The van der Waals surface area contributed by atoms with Crippen LogP contribution in [0.15, 0.2) is 30.3 Å². The summed E-state index contributed by atoms with van der Waals surface area (Å²) in [5.41, 5.74) is 1.26. The molecule has 3 rings (SSSR count). The molecular weight excluding hydrogens is 276 g/mol. The van der Waals surface area contributed by atoms with E-state index < -0.39 is 0 Å². The average Bonchev–Trinajstić information content (AvgIpc) is 2.58. The minimum Gasteiger partial charge on any atom is -0.368 e. The van der Waals surface area contributed by atoms with Crippen molar-refractivity contribution in [2.45, 2.75) is 0 Å². The van der Waals surface area contributed by atoms with Crippen LogP contribution >= 0.6 is 0 Å². The Labute approximate surface area is 133 Å². The van der Waals surface area contributed by atoms with Crippen molar-refractivity contribution in [2.24, 2.45) is 0 Å². The molecule has 0 bridgehead atoms. The van der Waals surface area contributed by atoms with Crippen molar-refractivity contribution in [2.75, 3.05) is 70.9 Å². The standard InChI is InChI=1S/C17H26N4O/c1-18-7-9-19(10-8-18)15-17(22)21-13-11-20(12-14-21)16-5-3-2-4-6-16/h2-6H,7-15H2,1H3. The summed E-state index contributed by atoms with van der Waals surface area (Å²) in [5, 5.41) is 0. The second-order valence-corrected chi connectivity index (χ2v) is 6.28. The molecule has 2 saturated heterocycles. The topological polar surface area (TPSA) is 30.0 Å². The van der Waals surface area contributed by atoms with Gasteiger partial charge in [0.25, 0.3) is 0 Å². The molecule has 22 heavy (non-hydrogen) atoms. The average molecular weight is 302 g/mol. The van der Waals surface area contributed by atoms with E-state index in [9.17, 15) is 4.79 Å². The van der Waals surface area contributed by atoms with Crippen LogP contribution in [0.5, 0.6) is 0 Å². The molecule has 5 heteroatoms. The fraction of sp³-hybridized carbons (Fsp3) is 0.588. The number of carbonyl (C=O) groups is 1. The van der Waals surface area contributed by atoms with Crippen molar-refractivity contribution >= 4 is 11.6 Å². The number of nitrogens with zero attached hydrogens (tertiary/aromatic N) is 4. The van der Waals surface area contributed by atoms with Crippen LogP contribution in [0, 0.1) is 0 Å². The van der Waals surface area contributed by atoms with Gasteiger partial charge in [-0.25, -0.2) is 0 Å². The van der Waals surface area contributed by atoms with Gasteiger partial charge in [-0.15, -0.1) is 0 Å². The van der Waals surface area contributed by atoms with Gasteiger partial charge < -0.3 is 14.7 Å². The van der Waals surface area contributed by atoms with Crippen LogP contribution in [-0.2, 0) is 4.79 Å². The zero-order chi connectivity index (χ0) is 15.4. The number of hydrogen-bond donors (Lipinski definition) is 0. The molecule has 0 aliphatic carbocycles. The summed E-state index contributed by atoms with van der Waals surface area (Å²) in [6, 6.07) is 10.5. The number of likely N-dealkylation sites (N-methyl/N-ethyl adjacent to an activating group) is 1. The van der Waals surface area contributed by atoms with Crippen molar-refractivity contribution in [1.29, 1.82) is 0 Å². The molecule has 2 heterocycles. The zero-order valence-electron chi connectivity index (χ0n) is 13.4. The SMILES string of the molecule is CN1CCN(CC(=O)N2CCN(c3ccccc3)CC2)CC1. The van der Waals surface area contributed by atoms with Crippen molar-refractivity contribution in [1.82, 2.24) is 14.7 Å². The first-order chi connectivity index (χ1) is 10.7. The van der Waals surface area contributed by atoms with Crippen molar-refractivity contribution in [3.63, 3.8) is 0 Å². The quantitative estimate of drug-likeness (QED) is 0.817. The van der Waals surface area contributed by atoms with Crippen molar-refractivity contribution < 1.29 is 4.79 Å². The summed E-state index contributed by atoms with van der Waals surface area (Å²) in [4.78, 5) is 21.4. The smallest absolute Gasteiger partial charge is 0.236 e. The van der Waals surface area contributed by atoms with E-state index in [1.54, 1.807) is 0 Å². The summed E-state index contributed by atoms with van der Waals surface area (Å²) >= 11 is 0. The van der Waals surface area contributed by atoms with E-state index in [1.165, 1.54) is 5.69 Å². The molecule has 1 amide bonds. The molecule has 1 aromatic rings. The van der Waals surface area contributed by atoms with Gasteiger partial charge in [0.2, 0.25) is 5.91 Å². The van der Waals surface area contributed by atoms with Gasteiger partial charge in [0.05, 0.1) is 6.54 Å². The van der Waals surface area contributed by atoms with Crippen LogP contribution < -0.4 is 4.90 Å². The van der Waals surface area contributed by atoms with E-state index >= 15 is 0 Å². The first-order valence-electron chi connectivity index (χ1n) is 8.21. The molecule has 0 N–H and O–H groups in total. The van der Waals surface area contributed by atoms with Gasteiger partial charge in [0.15, 0.2) is 0 Å². The second-order valence-electron chi connectivity index (χ2n) is 6.28. The van der Waals surface area contributed by atoms with Crippen LogP contribution in [0.1, 0.15) is 0 Å². The molecular formula is C17H26N4O. The monoisotopic (exact) mass is 302 g/mol. The van der Waals surface area contributed by atoms with Gasteiger partial charge in [-0.05, 0) is 19.2 Å². The second kappa shape index (κ2) is 7.11. The molecule has 2 aliphatic heterocycles. The molecule has 120 valence electrons. The molecule has 0 atom stereocenters. The Hall–Kier alpha value is -1.59. The predicted molar refractivity (Wildman–Crippen MR) is 89.2 cm³/mol. The van der Waals surface area contributed by atoms with E-state index in [2.05, 4.69) is 46.0 Å². The van der Waals surface area contributed by atoms with Gasteiger partial charge >= 0.3 is 0 Å². The van der Waals surface area contributed by atoms with E-state index in [0.717, 1.165) is 52.4 Å². The van der Waals surface area contributed by atoms with Crippen molar-refractivity contribution in [3.8, 4) is 0 Å². The normalized spacial score (nSPS) is 21.1. The summed E-state index contributed by atoms with van der Waals surface area (Å²) in [7, 11) is 2.14. The number of carbonyl (C=O) groups excluding carboxylic acids is 1. The highest BCUT2D eigenvalue weighted by molar-refractivity contribution is 5.78. The van der Waals surface area contributed by atoms with Crippen molar-refractivity contribution in [3.05, 3.63) is 30.3 Å². The number of hydrogen-bond acceptors (Lipinski definition) is 4. The van der Waals surface area contributed by atoms with Crippen LogP contribution in [0.25, 0.3) is 0 Å². The van der Waals surface area contributed by atoms with E-state index in [1.807, 2.05) is 11.0 Å². The van der Waals surface area contributed by atoms with Crippen LogP contribution in [0.2, 0.25) is 0 Å². The Morgan fingerprint density at radius 2 is 1.55 bits per heavy atom. The lowest BCUT2D eigenvalue weighted by Crippen LogP contribution is -2.53. The first-order valence-corrected chi connectivity index (χ1v) is 8.21. The Kier molecular flexibility index (Phi) is 4.95. The van der Waals surface area contributed by atoms with Gasteiger partial charge in [0, 0.05) is 58.0 Å². The largest absolute Gasteiger partial charge is 0.368 e. The molecule has 0 radical (unpaired) electrons. The van der Waals surface area contributed by atoms with E-state index in [0.29, 0.717) is 6.54 Å². The maximum atomic E-state index is 12.4. The lowest BCUT2D eigenvalue weighted by Gasteiger charge is -2.38. The van der Waals surface area contributed by atoms with E-state index in [-0.39, 0.29) is 5.91 Å². The highest BCUT2D eigenvalue weighted by atomic mass is 16.2. The molecule has 0 spiro atoms. The lowest BCUT2D eigenvalue weighted by atomic mass is 10.2. The van der Waals surface area contributed by atoms with Gasteiger partial charge in [0.1, 0.15) is 0 Å². The molecule has 0 saturated carbocycles. The minimum atomic E-state index is 0.289. The van der Waals surface area contributed by atoms with Crippen LogP contribution in [-0.4, -0.2) is 86.6 Å². The molecule has 2 fully saturated rings. The number of amides is 1. The minimum absolute atomic E-state index is 0.289. The van der Waals surface area contributed by atoms with Crippen LogP contribution in [0.3, 0.4) is 0 Å². The number of anilines is 1. The zero-order valence-corrected chi connectivity index (χ0v) is 13.4. The number of rotatable bonds is 3. The Morgan fingerprint density at radius 3 is 2.18 bits per heavy atom. The molecule has 2 aliphatic rings. The van der Waals surface area contributed by atoms with Crippen LogP contribution in [0.4, 0.5) is 5.69 Å². The predicted octanol–water partition coefficient (Wildman–Crippen LogP) is 0.583. The van der Waals surface area contributed by atoms with Gasteiger partial charge in [-0.2, -0.15) is 0 Å². The Morgan fingerprint density at radius 1 is 0.909 bits per heavy atom. The summed E-state index contributed by atoms with van der Waals surface area (Å²) in [6.45, 7) is 8.25. The number of piperazine rings is 2. The van der Waals surface area contributed by atoms with Gasteiger partial charge in [-0.1, -0.05) is 18.2 Å². The number of para-hydroxylation sites is 1.